The van der Waals surface area contributed by atoms with Crippen LogP contribution in [-0.2, 0) is 7.05 Å². The van der Waals surface area contributed by atoms with Crippen molar-refractivity contribution in [2.75, 3.05) is 0 Å². The second-order valence-corrected chi connectivity index (χ2v) is 10.2. The molecule has 7 heteroatoms. The van der Waals surface area contributed by atoms with E-state index in [-0.39, 0.29) is 38.3 Å². The van der Waals surface area contributed by atoms with Gasteiger partial charge < -0.3 is 4.57 Å². The average Bonchev–Trinajstić information content (AvgIpc) is 3.46. The first-order chi connectivity index (χ1) is 16.9. The van der Waals surface area contributed by atoms with Crippen LogP contribution in [0.2, 0.25) is 10.0 Å². The quantitative estimate of drug-likeness (QED) is 0.219. The van der Waals surface area contributed by atoms with Gasteiger partial charge in [0.25, 0.3) is 0 Å². The lowest BCUT2D eigenvalue weighted by Crippen LogP contribution is -2.10. The zero-order valence-electron chi connectivity index (χ0n) is 19.2. The van der Waals surface area contributed by atoms with Crippen LogP contribution in [0.3, 0.4) is 0 Å². The minimum atomic E-state index is -0.343. The molecular weight excluding hydrogens is 481 g/mol. The van der Waals surface area contributed by atoms with Crippen molar-refractivity contribution in [1.82, 2.24) is 14.1 Å². The topological polar surface area (TPSA) is 56.9 Å². The summed E-state index contributed by atoms with van der Waals surface area (Å²) in [6, 6.07) is 14.9. The Balaban J connectivity index is 1.52. The predicted octanol–water partition coefficient (Wildman–Crippen LogP) is 7.18. The summed E-state index contributed by atoms with van der Waals surface area (Å²) >= 11 is 12.2. The number of nitrogens with zero attached hydrogens (tertiary/aromatic N) is 3. The van der Waals surface area contributed by atoms with Crippen LogP contribution >= 0.6 is 23.2 Å². The van der Waals surface area contributed by atoms with E-state index in [1.54, 1.807) is 6.08 Å². The van der Waals surface area contributed by atoms with E-state index in [4.69, 9.17) is 28.2 Å². The summed E-state index contributed by atoms with van der Waals surface area (Å²) in [6.45, 7) is 0. The lowest BCUT2D eigenvalue weighted by atomic mass is 9.89. The number of Topliss-reactive ketones (excluding diaryl/α,β-unsaturated/α-hetero) is 2. The second kappa shape index (κ2) is 8.51. The molecule has 1 saturated carbocycles. The van der Waals surface area contributed by atoms with Crippen molar-refractivity contribution in [3.63, 3.8) is 0 Å². The fraction of sp³-hybridized carbons (Fsp3) is 0.250. The monoisotopic (exact) mass is 503 g/mol. The fourth-order valence-corrected chi connectivity index (χ4v) is 5.77. The number of aryl methyl sites for hydroxylation is 1. The van der Waals surface area contributed by atoms with Crippen molar-refractivity contribution in [1.29, 1.82) is 0 Å². The van der Waals surface area contributed by atoms with Crippen LogP contribution in [0.1, 0.15) is 70.3 Å². The molecule has 2 aromatic carbocycles. The first-order valence-corrected chi connectivity index (χ1v) is 12.6. The van der Waals surface area contributed by atoms with Gasteiger partial charge in [-0.3, -0.25) is 14.2 Å². The largest absolute Gasteiger partial charge is 0.329 e. The van der Waals surface area contributed by atoms with E-state index < -0.39 is 0 Å². The van der Waals surface area contributed by atoms with Gasteiger partial charge in [0, 0.05) is 29.8 Å². The maximum atomic E-state index is 13.2. The lowest BCUT2D eigenvalue weighted by molar-refractivity contribution is 0.0990. The normalized spacial score (nSPS) is 16.4. The molecule has 4 aromatic rings. The van der Waals surface area contributed by atoms with E-state index in [2.05, 4.69) is 11.6 Å². The molecule has 0 atom stereocenters. The Morgan fingerprint density at radius 1 is 0.914 bits per heavy atom. The molecule has 35 heavy (non-hydrogen) atoms. The van der Waals surface area contributed by atoms with Crippen LogP contribution in [0.15, 0.2) is 54.1 Å². The number of aromatic nitrogens is 3. The Kier molecular flexibility index (Phi) is 5.42. The summed E-state index contributed by atoms with van der Waals surface area (Å²) in [6.07, 6.45) is 7.73. The summed E-state index contributed by atoms with van der Waals surface area (Å²) in [7, 11) is 2.05. The van der Waals surface area contributed by atoms with E-state index >= 15 is 0 Å². The molecule has 0 unspecified atom stereocenters. The Bertz CT molecular complexity index is 1500. The molecule has 0 amide bonds. The van der Waals surface area contributed by atoms with E-state index in [9.17, 15) is 9.59 Å². The van der Waals surface area contributed by atoms with Crippen LogP contribution in [0.5, 0.6) is 0 Å². The highest BCUT2D eigenvalue weighted by Crippen LogP contribution is 2.37. The van der Waals surface area contributed by atoms with Crippen LogP contribution in [0.25, 0.3) is 22.9 Å². The molecule has 0 bridgehead atoms. The highest BCUT2D eigenvalue weighted by atomic mass is 35.5. The molecule has 0 N–H and O–H groups in total. The molecule has 6 rings (SSSR count). The molecular formula is C28H23Cl2N3O2. The molecule has 2 aromatic heterocycles. The maximum Gasteiger partial charge on any atom is 0.197 e. The number of hydrogen-bond acceptors (Lipinski definition) is 3. The van der Waals surface area contributed by atoms with Crippen molar-refractivity contribution < 1.29 is 9.59 Å². The van der Waals surface area contributed by atoms with Gasteiger partial charge in [-0.1, -0.05) is 60.7 Å². The number of ketones is 2. The number of para-hydroxylation sites is 1. The molecule has 2 heterocycles. The minimum absolute atomic E-state index is 0.103. The van der Waals surface area contributed by atoms with Crippen molar-refractivity contribution in [3.05, 3.63) is 86.8 Å². The van der Waals surface area contributed by atoms with Gasteiger partial charge in [0.1, 0.15) is 5.82 Å². The third-order valence-electron chi connectivity index (χ3n) is 7.23. The van der Waals surface area contributed by atoms with Crippen LogP contribution < -0.4 is 0 Å². The van der Waals surface area contributed by atoms with Gasteiger partial charge in [-0.25, -0.2) is 4.98 Å². The number of carbonyl (C=O) groups excluding carboxylic acids is 2. The molecule has 2 aliphatic rings. The smallest absolute Gasteiger partial charge is 0.197 e. The molecule has 0 radical (unpaired) electrons. The number of hydrogen-bond donors (Lipinski definition) is 0. The Morgan fingerprint density at radius 3 is 2.17 bits per heavy atom. The second-order valence-electron chi connectivity index (χ2n) is 9.34. The first-order valence-electron chi connectivity index (χ1n) is 11.9. The standard InChI is InChI=1S/C28H23Cl2N3O2/c1-32-24-13-18(12-21-25(34)19-14-22(29)23(30)15-20(19)26(21)35)33(17-10-6-3-7-11-17)28(24)31-27(32)16-8-4-2-5-9-16/h3,6-7,10-16H,2,4-5,8-9H2,1H3. The lowest BCUT2D eigenvalue weighted by Gasteiger charge is -2.21. The van der Waals surface area contributed by atoms with Gasteiger partial charge in [0.2, 0.25) is 0 Å². The minimum Gasteiger partial charge on any atom is -0.329 e. The molecule has 5 nitrogen and oxygen atoms in total. The van der Waals surface area contributed by atoms with Gasteiger partial charge in [-0.05, 0) is 49.2 Å². The maximum absolute atomic E-state index is 13.2. The predicted molar refractivity (Wildman–Crippen MR) is 139 cm³/mol. The molecule has 1 fully saturated rings. The highest BCUT2D eigenvalue weighted by molar-refractivity contribution is 6.46. The van der Waals surface area contributed by atoms with Crippen molar-refractivity contribution in [3.8, 4) is 5.69 Å². The summed E-state index contributed by atoms with van der Waals surface area (Å²) < 4.78 is 4.19. The number of allylic oxidation sites excluding steroid dienone is 1. The van der Waals surface area contributed by atoms with Crippen molar-refractivity contribution in [2.24, 2.45) is 7.05 Å². The number of imidazole rings is 1. The zero-order chi connectivity index (χ0) is 24.3. The summed E-state index contributed by atoms with van der Waals surface area (Å²) in [5.74, 6) is 0.867. The van der Waals surface area contributed by atoms with Crippen molar-refractivity contribution >= 4 is 52.0 Å². The summed E-state index contributed by atoms with van der Waals surface area (Å²) in [5, 5.41) is 0.510. The first kappa shape index (κ1) is 22.3. The van der Waals surface area contributed by atoms with Gasteiger partial charge in [0.05, 0.1) is 26.8 Å². The van der Waals surface area contributed by atoms with Crippen LogP contribution in [0.4, 0.5) is 0 Å². The zero-order valence-corrected chi connectivity index (χ0v) is 20.7. The molecule has 0 spiro atoms. The number of halogens is 2. The van der Waals surface area contributed by atoms with Gasteiger partial charge in [-0.2, -0.15) is 0 Å². The number of fused-ring (bicyclic) bond motifs is 2. The Hall–Kier alpha value is -3.15. The van der Waals surface area contributed by atoms with Gasteiger partial charge in [0.15, 0.2) is 17.2 Å². The van der Waals surface area contributed by atoms with Crippen molar-refractivity contribution in [2.45, 2.75) is 38.0 Å². The van der Waals surface area contributed by atoms with Crippen LogP contribution in [0, 0.1) is 0 Å². The SMILES string of the molecule is Cn1c(C2CCCCC2)nc2c1cc(C=C1C(=O)c3cc(Cl)c(Cl)cc3C1=O)n2-c1ccccc1. The van der Waals surface area contributed by atoms with E-state index in [0.29, 0.717) is 5.92 Å². The average molecular weight is 504 g/mol. The van der Waals surface area contributed by atoms with E-state index in [1.165, 1.54) is 31.4 Å². The summed E-state index contributed by atoms with van der Waals surface area (Å²) in [5.41, 5.74) is 4.12. The number of carbonyl (C=O) groups is 2. The third-order valence-corrected chi connectivity index (χ3v) is 7.95. The number of rotatable bonds is 3. The molecule has 2 aliphatic carbocycles. The fourth-order valence-electron chi connectivity index (χ4n) is 5.44. The molecule has 176 valence electrons. The Morgan fingerprint density at radius 2 is 1.54 bits per heavy atom. The van der Waals surface area contributed by atoms with Crippen LogP contribution in [-0.4, -0.2) is 25.7 Å². The molecule has 0 saturated heterocycles. The third kappa shape index (κ3) is 3.57. The van der Waals surface area contributed by atoms with Gasteiger partial charge >= 0.3 is 0 Å². The van der Waals surface area contributed by atoms with Gasteiger partial charge in [-0.15, -0.1) is 0 Å². The Labute approximate surface area is 213 Å². The number of benzene rings is 2. The highest BCUT2D eigenvalue weighted by Gasteiger charge is 2.34. The molecule has 0 aliphatic heterocycles. The van der Waals surface area contributed by atoms with E-state index in [1.807, 2.05) is 41.0 Å². The summed E-state index contributed by atoms with van der Waals surface area (Å²) in [4.78, 5) is 31.5. The van der Waals surface area contributed by atoms with E-state index in [0.717, 1.165) is 41.2 Å².